The zero-order valence-electron chi connectivity index (χ0n) is 17.1. The Morgan fingerprint density at radius 2 is 1.73 bits per heavy atom. The number of aliphatic hydroxyl groups excluding tert-OH is 1. The van der Waals surface area contributed by atoms with Crippen LogP contribution in [-0.2, 0) is 24.0 Å². The van der Waals surface area contributed by atoms with Gasteiger partial charge in [0.15, 0.2) is 0 Å². The average Bonchev–Trinajstić information content (AvgIpc) is 3.23. The molecule has 1 aliphatic rings. The summed E-state index contributed by atoms with van der Waals surface area (Å²) in [5, 5.41) is 28.7. The molecule has 0 radical (unpaired) electrons. The molecular weight excluding hydrogens is 398 g/mol. The van der Waals surface area contributed by atoms with Gasteiger partial charge < -0.3 is 37.2 Å². The summed E-state index contributed by atoms with van der Waals surface area (Å²) in [4.78, 5) is 59.9. The van der Waals surface area contributed by atoms with E-state index in [9.17, 15) is 34.2 Å². The van der Waals surface area contributed by atoms with Crippen LogP contribution in [0.1, 0.15) is 39.5 Å². The Hall–Kier alpha value is -2.73. The van der Waals surface area contributed by atoms with Gasteiger partial charge in [-0.2, -0.15) is 0 Å². The number of aliphatic carboxylic acids is 1. The molecule has 1 heterocycles. The van der Waals surface area contributed by atoms with Gasteiger partial charge in [0.25, 0.3) is 0 Å². The Labute approximate surface area is 174 Å². The monoisotopic (exact) mass is 429 g/mol. The van der Waals surface area contributed by atoms with E-state index >= 15 is 0 Å². The first-order chi connectivity index (χ1) is 14.1. The van der Waals surface area contributed by atoms with Crippen LogP contribution >= 0.6 is 0 Å². The van der Waals surface area contributed by atoms with E-state index < -0.39 is 66.8 Å². The molecule has 1 saturated heterocycles. The predicted octanol–water partition coefficient (Wildman–Crippen LogP) is -2.81. The zero-order valence-corrected chi connectivity index (χ0v) is 17.1. The first-order valence-electron chi connectivity index (χ1n) is 9.87. The van der Waals surface area contributed by atoms with E-state index in [-0.39, 0.29) is 5.92 Å². The fourth-order valence-corrected chi connectivity index (χ4v) is 2.99. The van der Waals surface area contributed by atoms with Crippen LogP contribution in [0.5, 0.6) is 0 Å². The molecule has 1 aliphatic heterocycles. The SMILES string of the molecule is CCC(C)C(NC(=O)C(CO)NC(=O)C(CC(N)=O)NC(=O)C1CCCN1)C(=O)O. The second kappa shape index (κ2) is 12.1. The molecule has 1 fully saturated rings. The van der Waals surface area contributed by atoms with E-state index in [1.165, 1.54) is 0 Å². The number of aliphatic hydroxyl groups is 1. The molecule has 5 atom stereocenters. The Balaban J connectivity index is 2.82. The van der Waals surface area contributed by atoms with Gasteiger partial charge in [-0.1, -0.05) is 20.3 Å². The molecule has 0 aliphatic carbocycles. The first-order valence-corrected chi connectivity index (χ1v) is 9.87. The van der Waals surface area contributed by atoms with E-state index in [1.807, 2.05) is 0 Å². The Morgan fingerprint density at radius 1 is 1.10 bits per heavy atom. The van der Waals surface area contributed by atoms with Gasteiger partial charge >= 0.3 is 5.97 Å². The van der Waals surface area contributed by atoms with Crippen molar-refractivity contribution in [3.05, 3.63) is 0 Å². The topological polar surface area (TPSA) is 200 Å². The summed E-state index contributed by atoms with van der Waals surface area (Å²) >= 11 is 0. The van der Waals surface area contributed by atoms with Crippen molar-refractivity contribution in [2.24, 2.45) is 11.7 Å². The molecule has 0 aromatic carbocycles. The largest absolute Gasteiger partial charge is 0.480 e. The third kappa shape index (κ3) is 7.59. The summed E-state index contributed by atoms with van der Waals surface area (Å²) in [5.74, 6) is -4.76. The number of rotatable bonds is 12. The molecule has 1 rings (SSSR count). The Morgan fingerprint density at radius 3 is 2.20 bits per heavy atom. The van der Waals surface area contributed by atoms with Crippen LogP contribution in [0.15, 0.2) is 0 Å². The van der Waals surface area contributed by atoms with Crippen LogP contribution in [0.4, 0.5) is 0 Å². The standard InChI is InChI=1S/C18H31N5O7/c1-3-9(2)14(18(29)30)23-17(28)12(8-24)22-16(27)11(7-13(19)25)21-15(26)10-5-4-6-20-10/h9-12,14,20,24H,3-8H2,1-2H3,(H2,19,25)(H,21,26)(H,22,27)(H,23,28)(H,29,30). The van der Waals surface area contributed by atoms with Crippen molar-refractivity contribution in [3.63, 3.8) is 0 Å². The van der Waals surface area contributed by atoms with Crippen molar-refractivity contribution in [3.8, 4) is 0 Å². The van der Waals surface area contributed by atoms with Crippen molar-refractivity contribution in [2.45, 2.75) is 63.7 Å². The molecule has 0 aromatic heterocycles. The minimum Gasteiger partial charge on any atom is -0.480 e. The lowest BCUT2D eigenvalue weighted by Crippen LogP contribution is -2.59. The summed E-state index contributed by atoms with van der Waals surface area (Å²) in [6.45, 7) is 3.24. The highest BCUT2D eigenvalue weighted by molar-refractivity contribution is 5.96. The fraction of sp³-hybridized carbons (Fsp3) is 0.722. The van der Waals surface area contributed by atoms with Gasteiger partial charge in [0, 0.05) is 0 Å². The normalized spacial score (nSPS) is 19.8. The number of hydrogen-bond acceptors (Lipinski definition) is 7. The summed E-state index contributed by atoms with van der Waals surface area (Å²) in [6.07, 6.45) is 1.34. The van der Waals surface area contributed by atoms with Crippen LogP contribution in [-0.4, -0.2) is 77.1 Å². The quantitative estimate of drug-likeness (QED) is 0.172. The molecule has 0 aromatic rings. The molecule has 5 unspecified atom stereocenters. The van der Waals surface area contributed by atoms with Crippen molar-refractivity contribution < 1.29 is 34.2 Å². The third-order valence-electron chi connectivity index (χ3n) is 5.01. The van der Waals surface area contributed by atoms with Gasteiger partial charge in [0.2, 0.25) is 23.6 Å². The van der Waals surface area contributed by atoms with Crippen molar-refractivity contribution in [1.29, 1.82) is 0 Å². The minimum atomic E-state index is -1.47. The maximum atomic E-state index is 12.6. The molecular formula is C18H31N5O7. The fourth-order valence-electron chi connectivity index (χ4n) is 2.99. The second-order valence-corrected chi connectivity index (χ2v) is 7.33. The Kier molecular flexibility index (Phi) is 10.2. The molecule has 4 amide bonds. The van der Waals surface area contributed by atoms with Crippen LogP contribution in [0.25, 0.3) is 0 Å². The third-order valence-corrected chi connectivity index (χ3v) is 5.01. The number of nitrogens with one attached hydrogen (secondary N) is 4. The number of carboxylic acid groups (broad SMARTS) is 1. The van der Waals surface area contributed by atoms with Crippen molar-refractivity contribution >= 4 is 29.6 Å². The van der Waals surface area contributed by atoms with Gasteiger partial charge in [-0.15, -0.1) is 0 Å². The number of carboxylic acids is 1. The summed E-state index contributed by atoms with van der Waals surface area (Å²) in [5.41, 5.74) is 5.15. The number of hydrogen-bond donors (Lipinski definition) is 7. The highest BCUT2D eigenvalue weighted by atomic mass is 16.4. The van der Waals surface area contributed by atoms with Crippen LogP contribution in [0.2, 0.25) is 0 Å². The maximum absolute atomic E-state index is 12.6. The summed E-state index contributed by atoms with van der Waals surface area (Å²) in [7, 11) is 0. The summed E-state index contributed by atoms with van der Waals surface area (Å²) < 4.78 is 0. The molecule has 8 N–H and O–H groups in total. The van der Waals surface area contributed by atoms with Gasteiger partial charge in [-0.25, -0.2) is 4.79 Å². The van der Waals surface area contributed by atoms with Crippen LogP contribution < -0.4 is 27.0 Å². The highest BCUT2D eigenvalue weighted by Gasteiger charge is 2.33. The lowest BCUT2D eigenvalue weighted by atomic mass is 9.99. The van der Waals surface area contributed by atoms with Gasteiger partial charge in [-0.05, 0) is 25.3 Å². The molecule has 0 bridgehead atoms. The number of amides is 4. The van der Waals surface area contributed by atoms with E-state index in [2.05, 4.69) is 21.3 Å². The molecule has 30 heavy (non-hydrogen) atoms. The minimum absolute atomic E-state index is 0.387. The van der Waals surface area contributed by atoms with E-state index in [4.69, 9.17) is 5.73 Å². The smallest absolute Gasteiger partial charge is 0.326 e. The zero-order chi connectivity index (χ0) is 22.8. The van der Waals surface area contributed by atoms with Gasteiger partial charge in [0.05, 0.1) is 19.1 Å². The molecule has 0 spiro atoms. The number of nitrogens with two attached hydrogens (primary N) is 1. The maximum Gasteiger partial charge on any atom is 0.326 e. The predicted molar refractivity (Wildman–Crippen MR) is 105 cm³/mol. The second-order valence-electron chi connectivity index (χ2n) is 7.33. The lowest BCUT2D eigenvalue weighted by molar-refractivity contribution is -0.144. The van der Waals surface area contributed by atoms with E-state index in [1.54, 1.807) is 13.8 Å². The van der Waals surface area contributed by atoms with Crippen LogP contribution in [0.3, 0.4) is 0 Å². The van der Waals surface area contributed by atoms with Crippen molar-refractivity contribution in [1.82, 2.24) is 21.3 Å². The van der Waals surface area contributed by atoms with E-state index in [0.29, 0.717) is 19.4 Å². The van der Waals surface area contributed by atoms with Crippen molar-refractivity contribution in [2.75, 3.05) is 13.2 Å². The number of carbonyl (C=O) groups is 5. The molecule has 170 valence electrons. The van der Waals surface area contributed by atoms with E-state index in [0.717, 1.165) is 6.42 Å². The van der Waals surface area contributed by atoms with Crippen LogP contribution in [0, 0.1) is 5.92 Å². The number of carbonyl (C=O) groups excluding carboxylic acids is 4. The summed E-state index contributed by atoms with van der Waals surface area (Å²) in [6, 6.07) is -4.52. The molecule has 0 saturated carbocycles. The molecule has 12 nitrogen and oxygen atoms in total. The average molecular weight is 429 g/mol. The Bertz CT molecular complexity index is 651. The van der Waals surface area contributed by atoms with Gasteiger partial charge in [-0.3, -0.25) is 19.2 Å². The highest BCUT2D eigenvalue weighted by Crippen LogP contribution is 2.09. The van der Waals surface area contributed by atoms with Gasteiger partial charge in [0.1, 0.15) is 18.1 Å². The molecule has 12 heteroatoms. The lowest BCUT2D eigenvalue weighted by Gasteiger charge is -2.25. The number of primary amides is 1. The first kappa shape index (κ1) is 25.3.